The quantitative estimate of drug-likeness (QED) is 0.615. The van der Waals surface area contributed by atoms with E-state index in [1.807, 2.05) is 30.3 Å². The van der Waals surface area contributed by atoms with Gasteiger partial charge in [-0.3, -0.25) is 19.9 Å². The zero-order chi connectivity index (χ0) is 21.4. The van der Waals surface area contributed by atoms with Gasteiger partial charge in [0.15, 0.2) is 11.3 Å². The fraction of sp³-hybridized carbons (Fsp3) is 0.208. The molecule has 0 saturated heterocycles. The molecule has 1 saturated carbocycles. The van der Waals surface area contributed by atoms with Gasteiger partial charge in [-0.05, 0) is 48.3 Å². The van der Waals surface area contributed by atoms with Crippen LogP contribution in [-0.4, -0.2) is 38.3 Å². The first-order valence-electron chi connectivity index (χ1n) is 10.1. The second-order valence-corrected chi connectivity index (χ2v) is 7.95. The molecule has 2 aliphatic rings. The summed E-state index contributed by atoms with van der Waals surface area (Å²) in [4.78, 5) is 33.0. The molecule has 3 heterocycles. The van der Waals surface area contributed by atoms with Crippen LogP contribution in [-0.2, 0) is 16.8 Å². The number of carboxylic acid groups (broad SMARTS) is 1. The zero-order valence-electron chi connectivity index (χ0n) is 16.7. The number of hydrogen-bond donors (Lipinski definition) is 2. The summed E-state index contributed by atoms with van der Waals surface area (Å²) in [5.74, 6) is -0.548. The first-order valence-corrected chi connectivity index (χ1v) is 10.1. The summed E-state index contributed by atoms with van der Waals surface area (Å²) >= 11 is 0. The van der Waals surface area contributed by atoms with Gasteiger partial charge in [-0.2, -0.15) is 5.10 Å². The van der Waals surface area contributed by atoms with E-state index in [0.29, 0.717) is 17.2 Å². The molecule has 7 heteroatoms. The summed E-state index contributed by atoms with van der Waals surface area (Å²) in [5.41, 5.74) is 3.15. The first-order chi connectivity index (χ1) is 15.0. The van der Waals surface area contributed by atoms with Crippen molar-refractivity contribution in [2.45, 2.75) is 30.7 Å². The monoisotopic (exact) mass is 412 g/mol. The van der Waals surface area contributed by atoms with Gasteiger partial charge in [-0.25, -0.2) is 4.79 Å². The van der Waals surface area contributed by atoms with Crippen LogP contribution in [0, 0.1) is 0 Å². The van der Waals surface area contributed by atoms with Crippen molar-refractivity contribution in [2.24, 2.45) is 4.99 Å². The Balaban J connectivity index is 1.37. The summed E-state index contributed by atoms with van der Waals surface area (Å²) in [6, 6.07) is 11.0. The maximum absolute atomic E-state index is 13.3. The molecule has 3 aromatic rings. The summed E-state index contributed by atoms with van der Waals surface area (Å²) in [6.07, 6.45) is 10.7. The number of aliphatic imine (C=N–C) groups is 1. The lowest BCUT2D eigenvalue weighted by molar-refractivity contribution is -0.122. The van der Waals surface area contributed by atoms with Gasteiger partial charge in [0.25, 0.3) is 0 Å². The number of aromatic carboxylic acids is 1. The van der Waals surface area contributed by atoms with Crippen molar-refractivity contribution in [3.05, 3.63) is 83.5 Å². The number of H-pyrrole nitrogens is 1. The maximum Gasteiger partial charge on any atom is 0.337 e. The number of aromatic amines is 1. The van der Waals surface area contributed by atoms with Gasteiger partial charge < -0.3 is 5.11 Å². The number of hydrogen-bond acceptors (Lipinski definition) is 5. The van der Waals surface area contributed by atoms with E-state index in [1.165, 1.54) is 6.20 Å². The standard InChI is InChI=1S/C24H20N4O3/c29-22(24(8-1-9-26-24)21-12-20(27-28-21)17-6-7-17)10-15-2-4-16(5-3-15)18-11-19(23(30)31)14-25-13-18/h1-5,8-9,11-14,17H,6-7,10H2,(H,27,28)(H,30,31). The van der Waals surface area contributed by atoms with Crippen LogP contribution in [0.5, 0.6) is 0 Å². The lowest BCUT2D eigenvalue weighted by atomic mass is 9.87. The van der Waals surface area contributed by atoms with E-state index >= 15 is 0 Å². The lowest BCUT2D eigenvalue weighted by Gasteiger charge is -2.20. The molecule has 1 unspecified atom stereocenters. The minimum absolute atomic E-state index is 0.0476. The predicted molar refractivity (Wildman–Crippen MR) is 115 cm³/mol. The highest BCUT2D eigenvalue weighted by Crippen LogP contribution is 2.41. The summed E-state index contributed by atoms with van der Waals surface area (Å²) in [5, 5.41) is 16.6. The highest BCUT2D eigenvalue weighted by Gasteiger charge is 2.41. The largest absolute Gasteiger partial charge is 0.478 e. The molecule has 0 spiro atoms. The Morgan fingerprint density at radius 3 is 2.58 bits per heavy atom. The first kappa shape index (κ1) is 19.1. The van der Waals surface area contributed by atoms with E-state index in [9.17, 15) is 9.59 Å². The number of carbonyl (C=O) groups is 2. The molecule has 1 fully saturated rings. The molecule has 0 radical (unpaired) electrons. The van der Waals surface area contributed by atoms with E-state index < -0.39 is 11.5 Å². The predicted octanol–water partition coefficient (Wildman–Crippen LogP) is 3.70. The van der Waals surface area contributed by atoms with Gasteiger partial charge in [-0.15, -0.1) is 0 Å². The van der Waals surface area contributed by atoms with Crippen LogP contribution in [0.4, 0.5) is 0 Å². The van der Waals surface area contributed by atoms with E-state index in [4.69, 9.17) is 5.11 Å². The molecule has 1 aliphatic heterocycles. The van der Waals surface area contributed by atoms with Gasteiger partial charge in [0.05, 0.1) is 5.56 Å². The van der Waals surface area contributed by atoms with Crippen molar-refractivity contribution in [3.8, 4) is 11.1 Å². The molecule has 7 nitrogen and oxygen atoms in total. The molecule has 1 aliphatic carbocycles. The average molecular weight is 412 g/mol. The second kappa shape index (κ2) is 7.43. The lowest BCUT2D eigenvalue weighted by Crippen LogP contribution is -2.32. The van der Waals surface area contributed by atoms with E-state index in [2.05, 4.69) is 20.2 Å². The van der Waals surface area contributed by atoms with Crippen molar-refractivity contribution in [1.29, 1.82) is 0 Å². The van der Waals surface area contributed by atoms with Crippen molar-refractivity contribution in [2.75, 3.05) is 0 Å². The molecule has 0 bridgehead atoms. The number of ketones is 1. The third-order valence-electron chi connectivity index (χ3n) is 5.77. The van der Waals surface area contributed by atoms with Crippen LogP contribution in [0.25, 0.3) is 11.1 Å². The van der Waals surface area contributed by atoms with Crippen LogP contribution in [0.3, 0.4) is 0 Å². The number of pyridine rings is 1. The van der Waals surface area contributed by atoms with Crippen LogP contribution in [0.1, 0.15) is 46.1 Å². The molecule has 5 rings (SSSR count). The number of rotatable bonds is 7. The molecular weight excluding hydrogens is 392 g/mol. The molecular formula is C24H20N4O3. The highest BCUT2D eigenvalue weighted by atomic mass is 16.4. The molecule has 2 N–H and O–H groups in total. The summed E-state index contributed by atoms with van der Waals surface area (Å²) in [7, 11) is 0. The van der Waals surface area contributed by atoms with Gasteiger partial charge in [0.2, 0.25) is 0 Å². The number of benzene rings is 1. The van der Waals surface area contributed by atoms with Crippen LogP contribution in [0.15, 0.2) is 65.9 Å². The van der Waals surface area contributed by atoms with Gasteiger partial charge in [0.1, 0.15) is 5.69 Å². The number of nitrogens with one attached hydrogen (secondary N) is 1. The van der Waals surface area contributed by atoms with Crippen molar-refractivity contribution >= 4 is 18.0 Å². The number of carbonyl (C=O) groups excluding carboxylic acids is 1. The number of aromatic nitrogens is 3. The van der Waals surface area contributed by atoms with Gasteiger partial charge >= 0.3 is 5.97 Å². The summed E-state index contributed by atoms with van der Waals surface area (Å²) < 4.78 is 0. The Morgan fingerprint density at radius 2 is 1.90 bits per heavy atom. The summed E-state index contributed by atoms with van der Waals surface area (Å²) in [6.45, 7) is 0. The third-order valence-corrected chi connectivity index (χ3v) is 5.77. The minimum atomic E-state index is -1.08. The average Bonchev–Trinajstić information content (AvgIpc) is 3.30. The third kappa shape index (κ3) is 3.59. The number of carboxylic acids is 1. The molecule has 31 heavy (non-hydrogen) atoms. The molecule has 0 amide bonds. The van der Waals surface area contributed by atoms with Crippen LogP contribution < -0.4 is 0 Å². The Hall–Kier alpha value is -3.87. The topological polar surface area (TPSA) is 108 Å². The highest BCUT2D eigenvalue weighted by molar-refractivity contribution is 5.97. The molecule has 1 atom stereocenters. The Labute approximate surface area is 178 Å². The maximum atomic E-state index is 13.3. The smallest absolute Gasteiger partial charge is 0.337 e. The zero-order valence-corrected chi connectivity index (χ0v) is 16.7. The van der Waals surface area contributed by atoms with E-state index in [1.54, 1.807) is 30.6 Å². The van der Waals surface area contributed by atoms with Crippen molar-refractivity contribution in [1.82, 2.24) is 15.2 Å². The van der Waals surface area contributed by atoms with Crippen molar-refractivity contribution < 1.29 is 14.7 Å². The Bertz CT molecular complexity index is 1210. The normalized spacial score (nSPS) is 19.6. The minimum Gasteiger partial charge on any atom is -0.478 e. The second-order valence-electron chi connectivity index (χ2n) is 7.95. The van der Waals surface area contributed by atoms with E-state index in [-0.39, 0.29) is 17.8 Å². The number of nitrogens with zero attached hydrogens (tertiary/aromatic N) is 3. The van der Waals surface area contributed by atoms with Gasteiger partial charge in [-0.1, -0.05) is 24.3 Å². The van der Waals surface area contributed by atoms with Gasteiger partial charge in [0, 0.05) is 42.2 Å². The molecule has 1 aromatic carbocycles. The Morgan fingerprint density at radius 1 is 1.10 bits per heavy atom. The fourth-order valence-corrected chi connectivity index (χ4v) is 3.83. The van der Waals surface area contributed by atoms with Crippen LogP contribution in [0.2, 0.25) is 0 Å². The van der Waals surface area contributed by atoms with Crippen LogP contribution >= 0.6 is 0 Å². The van der Waals surface area contributed by atoms with Crippen molar-refractivity contribution in [3.63, 3.8) is 0 Å². The Kier molecular flexibility index (Phi) is 4.58. The number of Topliss-reactive ketones (excluding diaryl/α,β-unsaturated/α-hetero) is 1. The number of allylic oxidation sites excluding steroid dienone is 1. The van der Waals surface area contributed by atoms with E-state index in [0.717, 1.165) is 29.7 Å². The molecule has 2 aromatic heterocycles. The SMILES string of the molecule is O=C(O)c1cncc(-c2ccc(CC(=O)C3(c4cc(C5CC5)[nH]n4)C=CC=N3)cc2)c1. The molecule has 154 valence electrons. The fourth-order valence-electron chi connectivity index (χ4n) is 3.83.